The van der Waals surface area contributed by atoms with Crippen LogP contribution >= 0.6 is 0 Å². The number of carbonyl (C=O) groups is 2. The molecule has 0 saturated heterocycles. The highest BCUT2D eigenvalue weighted by atomic mass is 16.2. The number of nitrogens with two attached hydrogens (primary N) is 1. The van der Waals surface area contributed by atoms with Crippen molar-refractivity contribution in [3.8, 4) is 0 Å². The average Bonchev–Trinajstić information content (AvgIpc) is 2.92. The van der Waals surface area contributed by atoms with Gasteiger partial charge in [0, 0.05) is 5.69 Å². The maximum Gasteiger partial charge on any atom is 0.232 e. The van der Waals surface area contributed by atoms with Crippen LogP contribution in [0.4, 0.5) is 5.69 Å². The van der Waals surface area contributed by atoms with Gasteiger partial charge in [-0.1, -0.05) is 78.6 Å². The first kappa shape index (κ1) is 28.5. The van der Waals surface area contributed by atoms with E-state index in [0.29, 0.717) is 5.92 Å². The second-order valence-electron chi connectivity index (χ2n) is 15.3. The largest absolute Gasteiger partial charge is 0.399 e. The Hall–Kier alpha value is -2.62. The molecule has 6 rings (SSSR count). The number of nitrogens with one attached hydrogen (secondary N) is 1. The summed E-state index contributed by atoms with van der Waals surface area (Å²) in [6, 6.07) is 13.4. The fraction of sp³-hybridized carbons (Fsp3) is 0.622. The lowest BCUT2D eigenvalue weighted by atomic mass is 9.49. The van der Waals surface area contributed by atoms with Gasteiger partial charge >= 0.3 is 0 Å². The highest BCUT2D eigenvalue weighted by molar-refractivity contribution is 6.00. The molecule has 0 radical (unpaired) electrons. The third kappa shape index (κ3) is 4.21. The molecule has 3 N–H and O–H groups in total. The van der Waals surface area contributed by atoms with Gasteiger partial charge in [-0.2, -0.15) is 0 Å². The van der Waals surface area contributed by atoms with Crippen LogP contribution in [-0.4, -0.2) is 11.8 Å². The predicted molar refractivity (Wildman–Crippen MR) is 167 cm³/mol. The zero-order valence-electron chi connectivity index (χ0n) is 26.2. The first-order valence-corrected chi connectivity index (χ1v) is 16.2. The van der Waals surface area contributed by atoms with E-state index < -0.39 is 10.8 Å². The Labute approximate surface area is 247 Å². The van der Waals surface area contributed by atoms with Crippen LogP contribution in [0.1, 0.15) is 127 Å². The average molecular weight is 555 g/mol. The van der Waals surface area contributed by atoms with E-state index in [2.05, 4.69) is 77.2 Å². The van der Waals surface area contributed by atoms with Crippen molar-refractivity contribution in [2.45, 2.75) is 122 Å². The van der Waals surface area contributed by atoms with Crippen molar-refractivity contribution in [1.29, 1.82) is 0 Å². The molecule has 0 aromatic heterocycles. The molecule has 4 nitrogen and oxygen atoms in total. The van der Waals surface area contributed by atoms with Gasteiger partial charge in [0.1, 0.15) is 0 Å². The molecule has 0 bridgehead atoms. The number of anilines is 1. The Bertz CT molecular complexity index is 1400. The number of rotatable bonds is 3. The summed E-state index contributed by atoms with van der Waals surface area (Å²) >= 11 is 0. The van der Waals surface area contributed by atoms with E-state index in [-0.39, 0.29) is 34.5 Å². The molecule has 0 unspecified atom stereocenters. The Morgan fingerprint density at radius 1 is 0.756 bits per heavy atom. The summed E-state index contributed by atoms with van der Waals surface area (Å²) in [6.07, 6.45) is 9.75. The summed E-state index contributed by atoms with van der Waals surface area (Å²) in [4.78, 5) is 28.6. The number of nitrogen functional groups attached to an aromatic ring is 1. The summed E-state index contributed by atoms with van der Waals surface area (Å²) in [5.41, 5.74) is 12.7. The number of carbonyl (C=O) groups excluding carboxylic acids is 2. The monoisotopic (exact) mass is 554 g/mol. The van der Waals surface area contributed by atoms with Gasteiger partial charge in [0.2, 0.25) is 11.8 Å². The van der Waals surface area contributed by atoms with E-state index in [1.165, 1.54) is 27.8 Å². The predicted octanol–water partition coefficient (Wildman–Crippen LogP) is 7.76. The summed E-state index contributed by atoms with van der Waals surface area (Å²) in [7, 11) is 0. The number of hydrogen-bond acceptors (Lipinski definition) is 3. The minimum absolute atomic E-state index is 0.0448. The molecule has 0 spiro atoms. The van der Waals surface area contributed by atoms with Gasteiger partial charge in [-0.05, 0) is 120 Å². The molecule has 0 heterocycles. The van der Waals surface area contributed by atoms with Crippen LogP contribution in [0.3, 0.4) is 0 Å². The molecular formula is C37H50N2O2. The third-order valence-electron chi connectivity index (χ3n) is 12.7. The smallest absolute Gasteiger partial charge is 0.232 e. The van der Waals surface area contributed by atoms with E-state index >= 15 is 0 Å². The Kier molecular flexibility index (Phi) is 6.75. The number of hydrogen-bond donors (Lipinski definition) is 2. The van der Waals surface area contributed by atoms with Crippen LogP contribution in [0.15, 0.2) is 36.4 Å². The van der Waals surface area contributed by atoms with Crippen LogP contribution in [0.5, 0.6) is 0 Å². The van der Waals surface area contributed by atoms with Crippen LogP contribution in [0.25, 0.3) is 0 Å². The van der Waals surface area contributed by atoms with Crippen LogP contribution in [0, 0.1) is 22.7 Å². The second-order valence-corrected chi connectivity index (χ2v) is 15.3. The fourth-order valence-corrected chi connectivity index (χ4v) is 10.3. The maximum absolute atomic E-state index is 14.3. The van der Waals surface area contributed by atoms with Gasteiger partial charge in [-0.15, -0.1) is 0 Å². The Morgan fingerprint density at radius 3 is 1.90 bits per heavy atom. The standard InChI is InChI=1S/C37H50N2O2/c1-23(2)25-10-14-28-26(21-25)12-16-30-34(28,3)17-7-19-36(30,5)32(40)39-33(41)37(6)20-8-18-35(4)29-22-27(38)13-9-24(29)11-15-31(35)37/h9-10,13-14,21-23,30-31H,7-8,11-12,15-20,38H2,1-6H3,(H,39,40,41)/t30-,31-,34-,35-,36-,37+/m1/s1. The summed E-state index contributed by atoms with van der Waals surface area (Å²) in [6.45, 7) is 13.5. The topological polar surface area (TPSA) is 72.2 Å². The number of imide groups is 1. The Balaban J connectivity index is 1.27. The van der Waals surface area contributed by atoms with E-state index in [9.17, 15) is 9.59 Å². The van der Waals surface area contributed by atoms with Crippen molar-refractivity contribution < 1.29 is 9.59 Å². The van der Waals surface area contributed by atoms with Gasteiger partial charge in [0.25, 0.3) is 0 Å². The van der Waals surface area contributed by atoms with Crippen molar-refractivity contribution in [3.05, 3.63) is 64.2 Å². The van der Waals surface area contributed by atoms with Crippen molar-refractivity contribution in [2.24, 2.45) is 22.7 Å². The van der Waals surface area contributed by atoms with Crippen LogP contribution in [-0.2, 0) is 33.3 Å². The SMILES string of the molecule is CC(C)c1ccc2c(c1)CC[C@H]1[C@](C)(C(=O)NC(=O)[C@@]3(C)CCC[C@]4(C)c5cc(N)ccc5CC[C@@H]34)CCC[C@]21C. The lowest BCUT2D eigenvalue weighted by Gasteiger charge is -2.56. The lowest BCUT2D eigenvalue weighted by Crippen LogP contribution is -2.60. The molecular weight excluding hydrogens is 504 g/mol. The van der Waals surface area contributed by atoms with Crippen molar-refractivity contribution in [3.63, 3.8) is 0 Å². The Morgan fingerprint density at radius 2 is 1.32 bits per heavy atom. The number of fused-ring (bicyclic) bond motifs is 6. The van der Waals surface area contributed by atoms with Crippen LogP contribution in [0.2, 0.25) is 0 Å². The van der Waals surface area contributed by atoms with Gasteiger partial charge in [-0.25, -0.2) is 0 Å². The number of benzene rings is 2. The van der Waals surface area contributed by atoms with Crippen molar-refractivity contribution in [2.75, 3.05) is 5.73 Å². The molecule has 4 heteroatoms. The molecule has 220 valence electrons. The lowest BCUT2D eigenvalue weighted by molar-refractivity contribution is -0.150. The normalized spacial score (nSPS) is 36.0. The maximum atomic E-state index is 14.3. The van der Waals surface area contributed by atoms with E-state index in [0.717, 1.165) is 69.9 Å². The van der Waals surface area contributed by atoms with Gasteiger partial charge in [-0.3, -0.25) is 14.9 Å². The zero-order valence-corrected chi connectivity index (χ0v) is 26.2. The van der Waals surface area contributed by atoms with Gasteiger partial charge in [0.15, 0.2) is 0 Å². The summed E-state index contributed by atoms with van der Waals surface area (Å²) in [5, 5.41) is 3.08. The number of aryl methyl sites for hydroxylation is 2. The highest BCUT2D eigenvalue weighted by Gasteiger charge is 2.58. The minimum atomic E-state index is -0.578. The van der Waals surface area contributed by atoms with E-state index in [1.807, 2.05) is 6.07 Å². The molecule has 2 amide bonds. The van der Waals surface area contributed by atoms with Crippen molar-refractivity contribution in [1.82, 2.24) is 5.32 Å². The fourth-order valence-electron chi connectivity index (χ4n) is 10.3. The first-order chi connectivity index (χ1) is 19.3. The van der Waals surface area contributed by atoms with Crippen molar-refractivity contribution >= 4 is 17.5 Å². The first-order valence-electron chi connectivity index (χ1n) is 16.2. The quantitative estimate of drug-likeness (QED) is 0.301. The van der Waals surface area contributed by atoms with Crippen LogP contribution < -0.4 is 11.1 Å². The molecule has 2 saturated carbocycles. The molecule has 2 fully saturated rings. The molecule has 2 aromatic carbocycles. The molecule has 0 aliphatic heterocycles. The molecule has 2 aromatic rings. The second kappa shape index (κ2) is 9.71. The van der Waals surface area contributed by atoms with E-state index in [4.69, 9.17) is 5.73 Å². The van der Waals surface area contributed by atoms with Gasteiger partial charge in [0.05, 0.1) is 10.8 Å². The molecule has 6 atom stereocenters. The highest BCUT2D eigenvalue weighted by Crippen LogP contribution is 2.59. The summed E-state index contributed by atoms with van der Waals surface area (Å²) in [5.74, 6) is 0.818. The third-order valence-corrected chi connectivity index (χ3v) is 12.7. The van der Waals surface area contributed by atoms with E-state index in [1.54, 1.807) is 0 Å². The minimum Gasteiger partial charge on any atom is -0.399 e. The molecule has 4 aliphatic rings. The summed E-state index contributed by atoms with van der Waals surface area (Å²) < 4.78 is 0. The molecule has 4 aliphatic carbocycles. The molecule has 41 heavy (non-hydrogen) atoms. The van der Waals surface area contributed by atoms with Gasteiger partial charge < -0.3 is 5.73 Å². The zero-order chi connectivity index (χ0) is 29.4. The number of amides is 2.